The molecule has 0 saturated carbocycles. The average molecular weight is 284 g/mol. The van der Waals surface area contributed by atoms with Crippen molar-refractivity contribution in [1.29, 1.82) is 0 Å². The highest BCUT2D eigenvalue weighted by atomic mass is 35.5. The molecule has 0 radical (unpaired) electrons. The van der Waals surface area contributed by atoms with E-state index in [1.54, 1.807) is 12.1 Å². The van der Waals surface area contributed by atoms with E-state index in [4.69, 9.17) is 17.4 Å². The molecule has 1 aromatic carbocycles. The van der Waals surface area contributed by atoms with Gasteiger partial charge in [-0.1, -0.05) is 17.7 Å². The molecule has 6 heteroatoms. The Balaban J connectivity index is 2.27. The Morgan fingerprint density at radius 1 is 1.26 bits per heavy atom. The highest BCUT2D eigenvalue weighted by Crippen LogP contribution is 2.23. The number of pyridine rings is 1. The Labute approximate surface area is 114 Å². The van der Waals surface area contributed by atoms with E-state index in [9.17, 15) is 8.78 Å². The number of hydrogen-bond donors (Lipinski definition) is 2. The van der Waals surface area contributed by atoms with E-state index >= 15 is 0 Å². The molecule has 3 N–H and O–H groups in total. The second kappa shape index (κ2) is 6.06. The topological polar surface area (TPSA) is 50.9 Å². The molecule has 1 aromatic heterocycles. The number of nitrogens with zero attached hydrogens (tertiary/aromatic N) is 1. The summed E-state index contributed by atoms with van der Waals surface area (Å²) >= 11 is 5.68. The lowest BCUT2D eigenvalue weighted by molar-refractivity contribution is 0.496. The molecule has 1 heterocycles. The predicted octanol–water partition coefficient (Wildman–Crippen LogP) is 2.76. The number of benzene rings is 1. The third-order valence-electron chi connectivity index (χ3n) is 2.82. The van der Waals surface area contributed by atoms with Crippen LogP contribution in [0.4, 0.5) is 8.78 Å². The summed E-state index contributed by atoms with van der Waals surface area (Å²) in [5.41, 5.74) is 3.23. The fourth-order valence-electron chi connectivity index (χ4n) is 1.83. The number of nitrogens with one attached hydrogen (secondary N) is 1. The van der Waals surface area contributed by atoms with E-state index in [1.165, 1.54) is 18.3 Å². The van der Waals surface area contributed by atoms with E-state index in [1.807, 2.05) is 0 Å². The smallest absolute Gasteiger partial charge is 0.146 e. The number of halogens is 3. The standard InChI is InChI=1S/C13H12ClF2N3/c14-9-2-1-8(11(15)6-9)5-13(19-17)10-3-4-18-7-12(10)16/h1-4,6-7,13,19H,5,17H2. The summed E-state index contributed by atoms with van der Waals surface area (Å²) in [6.07, 6.45) is 2.76. The lowest BCUT2D eigenvalue weighted by Gasteiger charge is -2.17. The van der Waals surface area contributed by atoms with E-state index in [0.717, 1.165) is 6.20 Å². The molecule has 0 spiro atoms. The highest BCUT2D eigenvalue weighted by Gasteiger charge is 2.16. The maximum absolute atomic E-state index is 13.7. The van der Waals surface area contributed by atoms with Gasteiger partial charge in [0.2, 0.25) is 0 Å². The van der Waals surface area contributed by atoms with Crippen LogP contribution in [0, 0.1) is 11.6 Å². The summed E-state index contributed by atoms with van der Waals surface area (Å²) in [5.74, 6) is 4.49. The van der Waals surface area contributed by atoms with Crippen molar-refractivity contribution in [3.05, 3.63) is 64.4 Å². The van der Waals surface area contributed by atoms with Crippen molar-refractivity contribution < 1.29 is 8.78 Å². The van der Waals surface area contributed by atoms with Gasteiger partial charge in [0.25, 0.3) is 0 Å². The van der Waals surface area contributed by atoms with Crippen LogP contribution in [0.1, 0.15) is 17.2 Å². The van der Waals surface area contributed by atoms with Gasteiger partial charge in [-0.3, -0.25) is 16.3 Å². The van der Waals surface area contributed by atoms with Crippen LogP contribution in [-0.4, -0.2) is 4.98 Å². The summed E-state index contributed by atoms with van der Waals surface area (Å²) in [5, 5.41) is 0.314. The van der Waals surface area contributed by atoms with Crippen molar-refractivity contribution >= 4 is 11.6 Å². The van der Waals surface area contributed by atoms with Crippen LogP contribution in [-0.2, 0) is 6.42 Å². The molecule has 100 valence electrons. The third kappa shape index (κ3) is 3.26. The number of hydrazine groups is 1. The van der Waals surface area contributed by atoms with Crippen molar-refractivity contribution in [2.24, 2.45) is 5.84 Å². The molecule has 0 bridgehead atoms. The summed E-state index contributed by atoms with van der Waals surface area (Å²) in [7, 11) is 0. The number of aromatic nitrogens is 1. The Hall–Kier alpha value is -1.56. The summed E-state index contributed by atoms with van der Waals surface area (Å²) in [6, 6.07) is 5.32. The zero-order chi connectivity index (χ0) is 13.8. The number of nitrogens with two attached hydrogens (primary N) is 1. The molecule has 0 saturated heterocycles. The minimum atomic E-state index is -0.543. The first-order chi connectivity index (χ1) is 9.11. The maximum Gasteiger partial charge on any atom is 0.146 e. The van der Waals surface area contributed by atoms with Gasteiger partial charge < -0.3 is 0 Å². The molecule has 0 amide bonds. The second-order valence-electron chi connectivity index (χ2n) is 4.06. The Morgan fingerprint density at radius 2 is 2.05 bits per heavy atom. The van der Waals surface area contributed by atoms with Crippen LogP contribution < -0.4 is 11.3 Å². The van der Waals surface area contributed by atoms with E-state index in [-0.39, 0.29) is 6.42 Å². The molecule has 0 aliphatic rings. The van der Waals surface area contributed by atoms with Crippen LogP contribution in [0.5, 0.6) is 0 Å². The molecule has 2 aromatic rings. The van der Waals surface area contributed by atoms with Crippen molar-refractivity contribution in [2.75, 3.05) is 0 Å². The Morgan fingerprint density at radius 3 is 2.68 bits per heavy atom. The van der Waals surface area contributed by atoms with Gasteiger partial charge in [0.05, 0.1) is 12.2 Å². The van der Waals surface area contributed by atoms with Gasteiger partial charge in [0.1, 0.15) is 11.6 Å². The zero-order valence-electron chi connectivity index (χ0n) is 9.91. The van der Waals surface area contributed by atoms with Crippen LogP contribution in [0.25, 0.3) is 0 Å². The predicted molar refractivity (Wildman–Crippen MR) is 69.4 cm³/mol. The van der Waals surface area contributed by atoms with Gasteiger partial charge in [-0.15, -0.1) is 0 Å². The second-order valence-corrected chi connectivity index (χ2v) is 4.49. The molecular weight excluding hydrogens is 272 g/mol. The van der Waals surface area contributed by atoms with Crippen LogP contribution >= 0.6 is 11.6 Å². The first-order valence-electron chi connectivity index (χ1n) is 5.61. The normalized spacial score (nSPS) is 12.4. The van der Waals surface area contributed by atoms with Crippen LogP contribution in [0.15, 0.2) is 36.7 Å². The summed E-state index contributed by atoms with van der Waals surface area (Å²) in [4.78, 5) is 3.66. The minimum absolute atomic E-state index is 0.209. The average Bonchev–Trinajstić information content (AvgIpc) is 2.39. The molecule has 1 unspecified atom stereocenters. The molecule has 3 nitrogen and oxygen atoms in total. The van der Waals surface area contributed by atoms with Gasteiger partial charge >= 0.3 is 0 Å². The Kier molecular flexibility index (Phi) is 4.42. The SMILES string of the molecule is NNC(Cc1ccc(Cl)cc1F)c1ccncc1F. The maximum atomic E-state index is 13.7. The lowest BCUT2D eigenvalue weighted by atomic mass is 9.99. The van der Waals surface area contributed by atoms with Gasteiger partial charge in [0, 0.05) is 16.8 Å². The van der Waals surface area contributed by atoms with Crippen molar-refractivity contribution in [2.45, 2.75) is 12.5 Å². The molecule has 19 heavy (non-hydrogen) atoms. The van der Waals surface area contributed by atoms with Crippen LogP contribution in [0.3, 0.4) is 0 Å². The fraction of sp³-hybridized carbons (Fsp3) is 0.154. The molecule has 1 atom stereocenters. The van der Waals surface area contributed by atoms with E-state index in [0.29, 0.717) is 16.1 Å². The third-order valence-corrected chi connectivity index (χ3v) is 3.05. The lowest BCUT2D eigenvalue weighted by Crippen LogP contribution is -2.30. The molecule has 2 rings (SSSR count). The van der Waals surface area contributed by atoms with E-state index < -0.39 is 17.7 Å². The number of rotatable bonds is 4. The molecule has 0 aliphatic carbocycles. The van der Waals surface area contributed by atoms with Crippen molar-refractivity contribution in [3.63, 3.8) is 0 Å². The number of hydrogen-bond acceptors (Lipinski definition) is 3. The van der Waals surface area contributed by atoms with E-state index in [2.05, 4.69) is 10.4 Å². The summed E-state index contributed by atoms with van der Waals surface area (Å²) < 4.78 is 27.3. The van der Waals surface area contributed by atoms with Crippen molar-refractivity contribution in [3.8, 4) is 0 Å². The molecule has 0 fully saturated rings. The quantitative estimate of drug-likeness (QED) is 0.670. The highest BCUT2D eigenvalue weighted by molar-refractivity contribution is 6.30. The van der Waals surface area contributed by atoms with Crippen LogP contribution in [0.2, 0.25) is 5.02 Å². The van der Waals surface area contributed by atoms with Gasteiger partial charge in [0.15, 0.2) is 0 Å². The zero-order valence-corrected chi connectivity index (χ0v) is 10.7. The van der Waals surface area contributed by atoms with Crippen molar-refractivity contribution in [1.82, 2.24) is 10.4 Å². The molecule has 0 aliphatic heterocycles. The fourth-order valence-corrected chi connectivity index (χ4v) is 1.99. The van der Waals surface area contributed by atoms with Gasteiger partial charge in [-0.05, 0) is 30.2 Å². The monoisotopic (exact) mass is 283 g/mol. The molecular formula is C13H12ClF2N3. The Bertz CT molecular complexity index is 578. The first kappa shape index (κ1) is 13.9. The minimum Gasteiger partial charge on any atom is -0.271 e. The van der Waals surface area contributed by atoms with Gasteiger partial charge in [-0.25, -0.2) is 8.78 Å². The first-order valence-corrected chi connectivity index (χ1v) is 5.99. The van der Waals surface area contributed by atoms with Gasteiger partial charge in [-0.2, -0.15) is 0 Å². The summed E-state index contributed by atoms with van der Waals surface area (Å²) in [6.45, 7) is 0. The largest absolute Gasteiger partial charge is 0.271 e.